The Balaban J connectivity index is 1.52. The van der Waals surface area contributed by atoms with Gasteiger partial charge in [-0.3, -0.25) is 0 Å². The van der Waals surface area contributed by atoms with Crippen LogP contribution in [0.1, 0.15) is 5.56 Å². The van der Waals surface area contributed by atoms with Gasteiger partial charge in [-0.05, 0) is 35.9 Å². The third kappa shape index (κ3) is 6.11. The van der Waals surface area contributed by atoms with Crippen molar-refractivity contribution in [3.63, 3.8) is 0 Å². The number of alkyl halides is 3. The summed E-state index contributed by atoms with van der Waals surface area (Å²) in [6.07, 6.45) is -3.80. The molecule has 0 bridgehead atoms. The summed E-state index contributed by atoms with van der Waals surface area (Å²) in [4.78, 5) is 0. The van der Waals surface area contributed by atoms with E-state index in [2.05, 4.69) is 15.6 Å². The van der Waals surface area contributed by atoms with E-state index in [4.69, 9.17) is 16.3 Å². The normalized spacial score (nSPS) is 11.3. The number of benzene rings is 2. The van der Waals surface area contributed by atoms with Gasteiger partial charge >= 0.3 is 6.30 Å². The molecule has 0 spiro atoms. The number of halogens is 4. The van der Waals surface area contributed by atoms with Crippen LogP contribution in [0.15, 0.2) is 60.7 Å². The van der Waals surface area contributed by atoms with E-state index in [9.17, 15) is 13.2 Å². The van der Waals surface area contributed by atoms with Gasteiger partial charge in [0.2, 0.25) is 5.88 Å². The van der Waals surface area contributed by atoms with Crippen LogP contribution in [-0.2, 0) is 6.42 Å². The Hall–Kier alpha value is -2.84. The van der Waals surface area contributed by atoms with E-state index in [0.29, 0.717) is 29.6 Å². The Morgan fingerprint density at radius 1 is 0.893 bits per heavy atom. The van der Waals surface area contributed by atoms with Crippen molar-refractivity contribution in [2.75, 3.05) is 12.0 Å². The fourth-order valence-corrected chi connectivity index (χ4v) is 2.47. The minimum absolute atomic E-state index is 0.274. The van der Waals surface area contributed by atoms with Gasteiger partial charge in [-0.2, -0.15) is 13.2 Å². The Kier molecular flexibility index (Phi) is 6.33. The number of nitrogens with one attached hydrogen (secondary N) is 2. The second-order valence-electron chi connectivity index (χ2n) is 5.81. The highest BCUT2D eigenvalue weighted by Gasteiger charge is 2.26. The standard InChI is InChI=1S/C19H16ClF3N4O/c20-15-5-1-13(2-6-15)11-12-28-18-10-9-17(25-26-18)14-3-7-16(8-4-14)24-27-19(21,22)23/h1-10,24,27H,11-12H2. The third-order valence-corrected chi connectivity index (χ3v) is 3.98. The van der Waals surface area contributed by atoms with Gasteiger partial charge in [0.1, 0.15) is 0 Å². The van der Waals surface area contributed by atoms with Gasteiger partial charge in [-0.1, -0.05) is 35.9 Å². The molecule has 0 aliphatic rings. The molecule has 0 unspecified atom stereocenters. The largest absolute Gasteiger partial charge is 0.476 e. The quantitative estimate of drug-likeness (QED) is 0.432. The van der Waals surface area contributed by atoms with Gasteiger partial charge < -0.3 is 10.2 Å². The van der Waals surface area contributed by atoms with Gasteiger partial charge in [0, 0.05) is 28.8 Å². The lowest BCUT2D eigenvalue weighted by Crippen LogP contribution is -2.36. The Labute approximate surface area is 164 Å². The molecule has 3 aromatic rings. The van der Waals surface area contributed by atoms with E-state index < -0.39 is 6.30 Å². The van der Waals surface area contributed by atoms with Gasteiger partial charge in [-0.25, -0.2) is 0 Å². The van der Waals surface area contributed by atoms with Crippen LogP contribution in [0.2, 0.25) is 5.02 Å². The zero-order chi connectivity index (χ0) is 20.0. The molecule has 0 amide bonds. The predicted molar refractivity (Wildman–Crippen MR) is 101 cm³/mol. The molecule has 9 heteroatoms. The summed E-state index contributed by atoms with van der Waals surface area (Å²) in [7, 11) is 0. The molecule has 0 atom stereocenters. The summed E-state index contributed by atoms with van der Waals surface area (Å²) in [5, 5.41) is 8.80. The van der Waals surface area contributed by atoms with Crippen molar-refractivity contribution in [3.05, 3.63) is 71.2 Å². The fraction of sp³-hybridized carbons (Fsp3) is 0.158. The van der Waals surface area contributed by atoms with Crippen LogP contribution in [0.5, 0.6) is 5.88 Å². The summed E-state index contributed by atoms with van der Waals surface area (Å²) in [5.74, 6) is 0.394. The monoisotopic (exact) mass is 408 g/mol. The first-order chi connectivity index (χ1) is 13.4. The van der Waals surface area contributed by atoms with Crippen LogP contribution in [0.4, 0.5) is 18.9 Å². The highest BCUT2D eigenvalue weighted by molar-refractivity contribution is 6.30. The molecule has 2 N–H and O–H groups in total. The number of rotatable bonds is 7. The Bertz CT molecular complexity index is 885. The first-order valence-electron chi connectivity index (χ1n) is 8.30. The molecule has 0 fully saturated rings. The van der Waals surface area contributed by atoms with Gasteiger partial charge in [-0.15, -0.1) is 15.6 Å². The molecule has 0 saturated heterocycles. The zero-order valence-corrected chi connectivity index (χ0v) is 15.3. The lowest BCUT2D eigenvalue weighted by molar-refractivity contribution is -0.151. The number of nitrogens with zero attached hydrogens (tertiary/aromatic N) is 2. The van der Waals surface area contributed by atoms with Crippen molar-refractivity contribution in [1.82, 2.24) is 15.6 Å². The molecule has 5 nitrogen and oxygen atoms in total. The first-order valence-corrected chi connectivity index (χ1v) is 8.68. The molecule has 2 aromatic carbocycles. The van der Waals surface area contributed by atoms with Gasteiger partial charge in [0.15, 0.2) is 0 Å². The molecule has 0 saturated carbocycles. The van der Waals surface area contributed by atoms with E-state index in [1.807, 2.05) is 24.3 Å². The van der Waals surface area contributed by atoms with Crippen LogP contribution < -0.4 is 15.6 Å². The molecular formula is C19H16ClF3N4O. The van der Waals surface area contributed by atoms with Crippen molar-refractivity contribution in [1.29, 1.82) is 0 Å². The Morgan fingerprint density at radius 2 is 1.61 bits per heavy atom. The van der Waals surface area contributed by atoms with E-state index in [1.165, 1.54) is 17.6 Å². The third-order valence-electron chi connectivity index (χ3n) is 3.72. The van der Waals surface area contributed by atoms with Crippen LogP contribution in [0.3, 0.4) is 0 Å². The van der Waals surface area contributed by atoms with E-state index in [1.54, 1.807) is 24.3 Å². The first kappa shape index (κ1) is 19.9. The van der Waals surface area contributed by atoms with Crippen LogP contribution in [-0.4, -0.2) is 23.1 Å². The van der Waals surface area contributed by atoms with Gasteiger partial charge in [0.25, 0.3) is 0 Å². The van der Waals surface area contributed by atoms with Crippen LogP contribution in [0.25, 0.3) is 11.3 Å². The fourth-order valence-electron chi connectivity index (χ4n) is 2.34. The highest BCUT2D eigenvalue weighted by atomic mass is 35.5. The lowest BCUT2D eigenvalue weighted by Gasteiger charge is -2.11. The molecule has 1 heterocycles. The molecule has 0 radical (unpaired) electrons. The van der Waals surface area contributed by atoms with E-state index in [-0.39, 0.29) is 5.69 Å². The summed E-state index contributed by atoms with van der Waals surface area (Å²) in [6.45, 7) is 0.447. The molecule has 0 aliphatic heterocycles. The molecule has 28 heavy (non-hydrogen) atoms. The number of hydrogen-bond acceptors (Lipinski definition) is 5. The second-order valence-corrected chi connectivity index (χ2v) is 6.24. The van der Waals surface area contributed by atoms with Gasteiger partial charge in [0.05, 0.1) is 12.3 Å². The predicted octanol–water partition coefficient (Wildman–Crippen LogP) is 4.85. The van der Waals surface area contributed by atoms with Crippen molar-refractivity contribution in [2.24, 2.45) is 0 Å². The molecule has 1 aromatic heterocycles. The lowest BCUT2D eigenvalue weighted by atomic mass is 10.1. The van der Waals surface area contributed by atoms with Crippen molar-refractivity contribution >= 4 is 17.3 Å². The van der Waals surface area contributed by atoms with Crippen molar-refractivity contribution in [3.8, 4) is 17.1 Å². The molecule has 0 aliphatic carbocycles. The summed E-state index contributed by atoms with van der Waals surface area (Å²) in [6, 6.07) is 17.3. The number of hydrazine groups is 1. The minimum atomic E-state index is -4.51. The smallest absolute Gasteiger partial charge is 0.474 e. The molecular weight excluding hydrogens is 393 g/mol. The maximum Gasteiger partial charge on any atom is 0.474 e. The topological polar surface area (TPSA) is 59.1 Å². The minimum Gasteiger partial charge on any atom is -0.476 e. The maximum atomic E-state index is 12.1. The Morgan fingerprint density at radius 3 is 2.21 bits per heavy atom. The summed E-state index contributed by atoms with van der Waals surface area (Å²) >= 11 is 5.85. The van der Waals surface area contributed by atoms with Crippen molar-refractivity contribution in [2.45, 2.75) is 12.7 Å². The average molecular weight is 409 g/mol. The highest BCUT2D eigenvalue weighted by Crippen LogP contribution is 2.21. The maximum absolute atomic E-state index is 12.1. The van der Waals surface area contributed by atoms with Crippen LogP contribution >= 0.6 is 11.6 Å². The summed E-state index contributed by atoms with van der Waals surface area (Å²) in [5.41, 5.74) is 5.99. The van der Waals surface area contributed by atoms with E-state index in [0.717, 1.165) is 11.1 Å². The number of ether oxygens (including phenoxy) is 1. The molecule has 146 valence electrons. The summed E-state index contributed by atoms with van der Waals surface area (Å²) < 4.78 is 41.9. The molecule has 3 rings (SSSR count). The van der Waals surface area contributed by atoms with E-state index >= 15 is 0 Å². The number of hydrogen-bond donors (Lipinski definition) is 2. The number of aromatic nitrogens is 2. The average Bonchev–Trinajstić information content (AvgIpc) is 2.68. The van der Waals surface area contributed by atoms with Crippen molar-refractivity contribution < 1.29 is 17.9 Å². The second kappa shape index (κ2) is 8.90. The zero-order valence-electron chi connectivity index (χ0n) is 14.5. The van der Waals surface area contributed by atoms with Crippen LogP contribution in [0, 0.1) is 0 Å². The SMILES string of the molecule is FC(F)(F)NNc1ccc(-c2ccc(OCCc3ccc(Cl)cc3)nn2)cc1. The number of anilines is 1.